The predicted molar refractivity (Wildman–Crippen MR) is 78.9 cm³/mol. The second kappa shape index (κ2) is 5.33. The molecule has 0 radical (unpaired) electrons. The van der Waals surface area contributed by atoms with Crippen molar-refractivity contribution in [2.75, 3.05) is 0 Å². The van der Waals surface area contributed by atoms with Crippen molar-refractivity contribution in [3.8, 4) is 16.9 Å². The van der Waals surface area contributed by atoms with Gasteiger partial charge in [-0.05, 0) is 56.2 Å². The highest BCUT2D eigenvalue weighted by Crippen LogP contribution is 2.26. The number of nitrogens with zero attached hydrogens (tertiary/aromatic N) is 1. The van der Waals surface area contributed by atoms with E-state index in [1.165, 1.54) is 12.1 Å². The molecule has 20 heavy (non-hydrogen) atoms. The maximum Gasteiger partial charge on any atom is 0.269 e. The van der Waals surface area contributed by atoms with Crippen molar-refractivity contribution in [1.29, 1.82) is 0 Å². The summed E-state index contributed by atoms with van der Waals surface area (Å²) in [6.07, 6.45) is 0. The van der Waals surface area contributed by atoms with E-state index in [1.54, 1.807) is 12.1 Å². The van der Waals surface area contributed by atoms with E-state index in [0.717, 1.165) is 16.9 Å². The molecule has 0 heterocycles. The molecule has 0 aliphatic rings. The Bertz CT molecular complexity index is 595. The van der Waals surface area contributed by atoms with E-state index in [0.29, 0.717) is 0 Å². The molecule has 4 heteroatoms. The third kappa shape index (κ3) is 3.57. The Morgan fingerprint density at radius 2 is 1.35 bits per heavy atom. The number of nitro groups is 1. The molecule has 0 bridgehead atoms. The van der Waals surface area contributed by atoms with Crippen LogP contribution in [0.1, 0.15) is 20.8 Å². The fourth-order valence-electron chi connectivity index (χ4n) is 1.84. The van der Waals surface area contributed by atoms with Gasteiger partial charge in [0.05, 0.1) is 4.92 Å². The van der Waals surface area contributed by atoms with Crippen molar-refractivity contribution in [3.05, 3.63) is 58.6 Å². The van der Waals surface area contributed by atoms with E-state index in [2.05, 4.69) is 0 Å². The molecule has 104 valence electrons. The van der Waals surface area contributed by atoms with Crippen LogP contribution in [0.4, 0.5) is 5.69 Å². The third-order valence-corrected chi connectivity index (χ3v) is 2.69. The lowest BCUT2D eigenvalue weighted by atomic mass is 10.1. The highest BCUT2D eigenvalue weighted by atomic mass is 16.6. The summed E-state index contributed by atoms with van der Waals surface area (Å²) in [6, 6.07) is 14.2. The molecule has 0 aliphatic heterocycles. The number of hydrogen-bond donors (Lipinski definition) is 0. The SMILES string of the molecule is CC(C)(C)Oc1ccc(-c2ccc([N+](=O)[O-])cc2)cc1. The number of benzene rings is 2. The van der Waals surface area contributed by atoms with E-state index >= 15 is 0 Å². The van der Waals surface area contributed by atoms with Crippen molar-refractivity contribution in [1.82, 2.24) is 0 Å². The number of hydrogen-bond acceptors (Lipinski definition) is 3. The summed E-state index contributed by atoms with van der Waals surface area (Å²) in [6.45, 7) is 5.99. The minimum Gasteiger partial charge on any atom is -0.488 e. The molecule has 0 atom stereocenters. The van der Waals surface area contributed by atoms with Crippen molar-refractivity contribution in [2.45, 2.75) is 26.4 Å². The van der Waals surface area contributed by atoms with Crippen LogP contribution in [0.15, 0.2) is 48.5 Å². The Hall–Kier alpha value is -2.36. The second-order valence-corrected chi connectivity index (χ2v) is 5.54. The van der Waals surface area contributed by atoms with Gasteiger partial charge in [0, 0.05) is 12.1 Å². The Labute approximate surface area is 118 Å². The maximum absolute atomic E-state index is 10.6. The number of non-ortho nitro benzene ring substituents is 1. The molecule has 0 aromatic heterocycles. The van der Waals surface area contributed by atoms with Crippen LogP contribution in [0, 0.1) is 10.1 Å². The normalized spacial score (nSPS) is 11.2. The Morgan fingerprint density at radius 1 is 0.900 bits per heavy atom. The zero-order chi connectivity index (χ0) is 14.8. The quantitative estimate of drug-likeness (QED) is 0.612. The molecule has 2 aromatic rings. The molecule has 0 spiro atoms. The van der Waals surface area contributed by atoms with Crippen LogP contribution in [0.2, 0.25) is 0 Å². The van der Waals surface area contributed by atoms with Gasteiger partial charge in [-0.1, -0.05) is 12.1 Å². The smallest absolute Gasteiger partial charge is 0.269 e. The summed E-state index contributed by atoms with van der Waals surface area (Å²) in [5, 5.41) is 10.6. The molecule has 0 saturated carbocycles. The molecule has 2 aromatic carbocycles. The van der Waals surface area contributed by atoms with Gasteiger partial charge in [0.1, 0.15) is 11.4 Å². The molecule has 4 nitrogen and oxygen atoms in total. The molecule has 0 fully saturated rings. The minimum atomic E-state index is -0.399. The molecule has 0 saturated heterocycles. The molecule has 2 rings (SSSR count). The summed E-state index contributed by atoms with van der Waals surface area (Å²) in [7, 11) is 0. The largest absolute Gasteiger partial charge is 0.488 e. The zero-order valence-corrected chi connectivity index (χ0v) is 11.8. The summed E-state index contributed by atoms with van der Waals surface area (Å²) in [5.41, 5.74) is 1.81. The molecule has 0 N–H and O–H groups in total. The van der Waals surface area contributed by atoms with E-state index < -0.39 is 4.92 Å². The van der Waals surface area contributed by atoms with Gasteiger partial charge in [0.15, 0.2) is 0 Å². The van der Waals surface area contributed by atoms with Crippen LogP contribution in [0.5, 0.6) is 5.75 Å². The van der Waals surface area contributed by atoms with Crippen LogP contribution >= 0.6 is 0 Å². The summed E-state index contributed by atoms with van der Waals surface area (Å²) in [5.74, 6) is 0.808. The first-order valence-electron chi connectivity index (χ1n) is 6.39. The maximum atomic E-state index is 10.6. The molecule has 0 amide bonds. The van der Waals surface area contributed by atoms with Crippen LogP contribution < -0.4 is 4.74 Å². The van der Waals surface area contributed by atoms with Gasteiger partial charge in [-0.15, -0.1) is 0 Å². The van der Waals surface area contributed by atoms with Gasteiger partial charge in [-0.2, -0.15) is 0 Å². The second-order valence-electron chi connectivity index (χ2n) is 5.54. The predicted octanol–water partition coefficient (Wildman–Crippen LogP) is 4.44. The Balaban J connectivity index is 2.19. The van der Waals surface area contributed by atoms with Gasteiger partial charge in [0.2, 0.25) is 0 Å². The molecule has 0 unspecified atom stereocenters. The van der Waals surface area contributed by atoms with E-state index in [4.69, 9.17) is 4.74 Å². The van der Waals surface area contributed by atoms with Gasteiger partial charge >= 0.3 is 0 Å². The van der Waals surface area contributed by atoms with Gasteiger partial charge < -0.3 is 4.74 Å². The van der Waals surface area contributed by atoms with Crippen LogP contribution in [-0.4, -0.2) is 10.5 Å². The summed E-state index contributed by atoms with van der Waals surface area (Å²) in [4.78, 5) is 10.2. The lowest BCUT2D eigenvalue weighted by Crippen LogP contribution is -2.22. The van der Waals surface area contributed by atoms with Crippen LogP contribution in [0.3, 0.4) is 0 Å². The first-order valence-corrected chi connectivity index (χ1v) is 6.39. The average molecular weight is 271 g/mol. The minimum absolute atomic E-state index is 0.0986. The summed E-state index contributed by atoms with van der Waals surface area (Å²) >= 11 is 0. The van der Waals surface area contributed by atoms with Gasteiger partial charge in [-0.3, -0.25) is 10.1 Å². The fourth-order valence-corrected chi connectivity index (χ4v) is 1.84. The van der Waals surface area contributed by atoms with Crippen molar-refractivity contribution in [2.24, 2.45) is 0 Å². The number of ether oxygens (including phenoxy) is 1. The number of rotatable bonds is 3. The lowest BCUT2D eigenvalue weighted by molar-refractivity contribution is -0.384. The van der Waals surface area contributed by atoms with E-state index in [1.807, 2.05) is 45.0 Å². The first kappa shape index (κ1) is 14.1. The monoisotopic (exact) mass is 271 g/mol. The topological polar surface area (TPSA) is 52.4 Å². The van der Waals surface area contributed by atoms with Gasteiger partial charge in [-0.25, -0.2) is 0 Å². The van der Waals surface area contributed by atoms with E-state index in [9.17, 15) is 10.1 Å². The summed E-state index contributed by atoms with van der Waals surface area (Å²) < 4.78 is 5.75. The van der Waals surface area contributed by atoms with Crippen molar-refractivity contribution in [3.63, 3.8) is 0 Å². The highest BCUT2D eigenvalue weighted by Gasteiger charge is 2.11. The van der Waals surface area contributed by atoms with Crippen LogP contribution in [0.25, 0.3) is 11.1 Å². The molecular weight excluding hydrogens is 254 g/mol. The van der Waals surface area contributed by atoms with Crippen LogP contribution in [-0.2, 0) is 0 Å². The Morgan fingerprint density at radius 3 is 1.75 bits per heavy atom. The molecule has 0 aliphatic carbocycles. The molecular formula is C16H17NO3. The lowest BCUT2D eigenvalue weighted by Gasteiger charge is -2.21. The first-order chi connectivity index (χ1) is 9.35. The van der Waals surface area contributed by atoms with E-state index in [-0.39, 0.29) is 11.3 Å². The average Bonchev–Trinajstić information content (AvgIpc) is 2.38. The Kier molecular flexibility index (Phi) is 3.74. The zero-order valence-electron chi connectivity index (χ0n) is 11.8. The standard InChI is InChI=1S/C16H17NO3/c1-16(2,3)20-15-10-6-13(7-11-15)12-4-8-14(9-5-12)17(18)19/h4-11H,1-3H3. The van der Waals surface area contributed by atoms with Gasteiger partial charge in [0.25, 0.3) is 5.69 Å². The van der Waals surface area contributed by atoms with Crippen molar-refractivity contribution < 1.29 is 9.66 Å². The fraction of sp³-hybridized carbons (Fsp3) is 0.250. The van der Waals surface area contributed by atoms with Crippen molar-refractivity contribution >= 4 is 5.69 Å². The highest BCUT2D eigenvalue weighted by molar-refractivity contribution is 5.65. The third-order valence-electron chi connectivity index (χ3n) is 2.69. The number of nitro benzene ring substituents is 1.